The number of ketones is 1. The average Bonchev–Trinajstić information content (AvgIpc) is 3.14. The molecule has 0 radical (unpaired) electrons. The van der Waals surface area contributed by atoms with Crippen molar-refractivity contribution in [2.45, 2.75) is 39.8 Å². The Morgan fingerprint density at radius 2 is 2.03 bits per heavy atom. The molecule has 29 heavy (non-hydrogen) atoms. The molecule has 6 heteroatoms. The van der Waals surface area contributed by atoms with E-state index < -0.39 is 0 Å². The van der Waals surface area contributed by atoms with Gasteiger partial charge in [-0.3, -0.25) is 9.59 Å². The number of carbonyl (C=O) groups excluding carboxylic acids is 2. The Labute approximate surface area is 172 Å². The molecule has 6 nitrogen and oxygen atoms in total. The first kappa shape index (κ1) is 20.6. The van der Waals surface area contributed by atoms with Crippen LogP contribution in [0.3, 0.4) is 0 Å². The fraction of sp³-hybridized carbons (Fsp3) is 0.348. The van der Waals surface area contributed by atoms with Crippen LogP contribution in [0.1, 0.15) is 48.6 Å². The lowest BCUT2D eigenvalue weighted by Crippen LogP contribution is -2.38. The summed E-state index contributed by atoms with van der Waals surface area (Å²) in [7, 11) is 0. The molecule has 152 valence electrons. The van der Waals surface area contributed by atoms with Crippen LogP contribution in [-0.2, 0) is 17.9 Å². The number of carbonyl (C=O) groups is 2. The summed E-state index contributed by atoms with van der Waals surface area (Å²) in [6, 6.07) is 8.25. The topological polar surface area (TPSA) is 58.4 Å². The maximum absolute atomic E-state index is 12.6. The van der Waals surface area contributed by atoms with Crippen LogP contribution in [0, 0.1) is 0 Å². The number of amides is 1. The van der Waals surface area contributed by atoms with Gasteiger partial charge in [-0.15, -0.1) is 0 Å². The Hall–Kier alpha value is -3.15. The lowest BCUT2D eigenvalue weighted by atomic mass is 10.0. The molecule has 3 rings (SSSR count). The van der Waals surface area contributed by atoms with Gasteiger partial charge in [0.05, 0.1) is 12.7 Å². The molecule has 2 aromatic rings. The molecular formula is C23H28N4O2. The van der Waals surface area contributed by atoms with E-state index in [4.69, 9.17) is 0 Å². The molecule has 0 saturated carbocycles. The van der Waals surface area contributed by atoms with E-state index in [1.165, 1.54) is 12.5 Å². The van der Waals surface area contributed by atoms with Crippen molar-refractivity contribution in [1.82, 2.24) is 14.5 Å². The van der Waals surface area contributed by atoms with Gasteiger partial charge in [0, 0.05) is 38.3 Å². The summed E-state index contributed by atoms with van der Waals surface area (Å²) in [6.45, 7) is 11.9. The molecule has 2 heterocycles. The zero-order chi connectivity index (χ0) is 21.0. The molecule has 1 aliphatic heterocycles. The minimum atomic E-state index is -0.0511. The van der Waals surface area contributed by atoms with Crippen molar-refractivity contribution in [3.8, 4) is 0 Å². The van der Waals surface area contributed by atoms with Crippen LogP contribution >= 0.6 is 0 Å². The van der Waals surface area contributed by atoms with E-state index in [0.717, 1.165) is 11.5 Å². The molecule has 1 aromatic heterocycles. The van der Waals surface area contributed by atoms with Crippen molar-refractivity contribution in [3.05, 3.63) is 72.5 Å². The number of Topliss-reactive ketones (excluding diaryl/α,β-unsaturated/α-hetero) is 1. The summed E-state index contributed by atoms with van der Waals surface area (Å²) in [5, 5.41) is 0. The lowest BCUT2D eigenvalue weighted by Gasteiger charge is -2.27. The fourth-order valence-corrected chi connectivity index (χ4v) is 3.61. The van der Waals surface area contributed by atoms with Crippen LogP contribution in [0.25, 0.3) is 0 Å². The number of aromatic nitrogens is 2. The predicted octanol–water partition coefficient (Wildman–Crippen LogP) is 3.76. The van der Waals surface area contributed by atoms with Gasteiger partial charge in [-0.1, -0.05) is 44.7 Å². The highest BCUT2D eigenvalue weighted by Gasteiger charge is 2.23. The van der Waals surface area contributed by atoms with Crippen LogP contribution in [-0.4, -0.2) is 39.2 Å². The van der Waals surface area contributed by atoms with Gasteiger partial charge < -0.3 is 14.4 Å². The van der Waals surface area contributed by atoms with Gasteiger partial charge in [0.2, 0.25) is 5.91 Å². The third kappa shape index (κ3) is 4.47. The molecule has 1 aliphatic rings. The summed E-state index contributed by atoms with van der Waals surface area (Å²) in [5.74, 6) is 1.09. The minimum absolute atomic E-state index is 0.00498. The summed E-state index contributed by atoms with van der Waals surface area (Å²) >= 11 is 0. The maximum atomic E-state index is 12.6. The second-order valence-corrected chi connectivity index (χ2v) is 7.48. The minimum Gasteiger partial charge on any atom is -0.345 e. The zero-order valence-electron chi connectivity index (χ0n) is 17.3. The maximum Gasteiger partial charge on any atom is 0.246 e. The van der Waals surface area contributed by atoms with E-state index in [2.05, 4.69) is 37.5 Å². The molecule has 0 fully saturated rings. The molecule has 0 unspecified atom stereocenters. The van der Waals surface area contributed by atoms with Gasteiger partial charge in [0.25, 0.3) is 0 Å². The smallest absolute Gasteiger partial charge is 0.246 e. The lowest BCUT2D eigenvalue weighted by molar-refractivity contribution is -0.127. The van der Waals surface area contributed by atoms with Gasteiger partial charge in [-0.05, 0) is 23.7 Å². The normalized spacial score (nSPS) is 13.6. The number of benzene rings is 1. The van der Waals surface area contributed by atoms with E-state index in [-0.39, 0.29) is 11.7 Å². The number of para-hydroxylation sites is 1. The first-order valence-corrected chi connectivity index (χ1v) is 9.91. The summed E-state index contributed by atoms with van der Waals surface area (Å²) in [4.78, 5) is 32.4. The van der Waals surface area contributed by atoms with Crippen LogP contribution in [0.15, 0.2) is 55.4 Å². The van der Waals surface area contributed by atoms with E-state index in [9.17, 15) is 9.59 Å². The first-order valence-electron chi connectivity index (χ1n) is 9.91. The Balaban J connectivity index is 1.65. The van der Waals surface area contributed by atoms with Crippen molar-refractivity contribution in [1.29, 1.82) is 0 Å². The van der Waals surface area contributed by atoms with Crippen molar-refractivity contribution in [2.75, 3.05) is 18.0 Å². The largest absolute Gasteiger partial charge is 0.345 e. The number of anilines is 1. The molecule has 1 aromatic carbocycles. The number of hydrogen-bond donors (Lipinski definition) is 0. The van der Waals surface area contributed by atoms with E-state index in [0.29, 0.717) is 37.8 Å². The van der Waals surface area contributed by atoms with E-state index >= 15 is 0 Å². The van der Waals surface area contributed by atoms with Crippen molar-refractivity contribution >= 4 is 17.4 Å². The van der Waals surface area contributed by atoms with E-state index in [1.54, 1.807) is 23.4 Å². The third-order valence-electron chi connectivity index (χ3n) is 5.19. The van der Waals surface area contributed by atoms with Crippen molar-refractivity contribution < 1.29 is 9.59 Å². The van der Waals surface area contributed by atoms with Gasteiger partial charge >= 0.3 is 0 Å². The standard InChI is InChI=1S/C23H28N4O2/c1-5-25(20-10-7-6-9-19(20)17(2)3)12-8-11-23(29)26-13-14-27-21(18(4)28)15-24-22(27)16-26/h5-11,15,17H,1,12-14,16H2,2-4H3/b11-8+. The monoisotopic (exact) mass is 392 g/mol. The van der Waals surface area contributed by atoms with Gasteiger partial charge in [-0.25, -0.2) is 4.98 Å². The first-order chi connectivity index (χ1) is 13.9. The van der Waals surface area contributed by atoms with E-state index in [1.807, 2.05) is 27.7 Å². The van der Waals surface area contributed by atoms with Gasteiger partial charge in [-0.2, -0.15) is 0 Å². The second-order valence-electron chi connectivity index (χ2n) is 7.48. The molecule has 1 amide bonds. The predicted molar refractivity (Wildman–Crippen MR) is 115 cm³/mol. The highest BCUT2D eigenvalue weighted by molar-refractivity contribution is 5.92. The summed E-state index contributed by atoms with van der Waals surface area (Å²) in [6.07, 6.45) is 6.86. The third-order valence-corrected chi connectivity index (χ3v) is 5.19. The number of fused-ring (bicyclic) bond motifs is 1. The van der Waals surface area contributed by atoms with Gasteiger partial charge in [0.15, 0.2) is 5.78 Å². The summed E-state index contributed by atoms with van der Waals surface area (Å²) in [5.41, 5.74) is 2.95. The Bertz CT molecular complexity index is 942. The molecule has 0 spiro atoms. The van der Waals surface area contributed by atoms with Crippen LogP contribution < -0.4 is 4.90 Å². The number of nitrogens with zero attached hydrogens (tertiary/aromatic N) is 4. The quantitative estimate of drug-likeness (QED) is 0.532. The molecule has 0 atom stereocenters. The molecule has 0 bridgehead atoms. The van der Waals surface area contributed by atoms with Crippen molar-refractivity contribution in [2.24, 2.45) is 0 Å². The molecule has 0 saturated heterocycles. The van der Waals surface area contributed by atoms with Crippen molar-refractivity contribution in [3.63, 3.8) is 0 Å². The van der Waals surface area contributed by atoms with Crippen LogP contribution in [0.4, 0.5) is 5.69 Å². The second kappa shape index (κ2) is 8.90. The highest BCUT2D eigenvalue weighted by Crippen LogP contribution is 2.27. The molecule has 0 N–H and O–H groups in total. The number of imidazole rings is 1. The van der Waals surface area contributed by atoms with Crippen LogP contribution in [0.5, 0.6) is 0 Å². The Morgan fingerprint density at radius 3 is 2.72 bits per heavy atom. The molecular weight excluding hydrogens is 364 g/mol. The van der Waals surface area contributed by atoms with Crippen LogP contribution in [0.2, 0.25) is 0 Å². The highest BCUT2D eigenvalue weighted by atomic mass is 16.2. The average molecular weight is 393 g/mol. The Morgan fingerprint density at radius 1 is 1.28 bits per heavy atom. The SMILES string of the molecule is C=CN(C/C=C/C(=O)N1CCn2c(C(C)=O)cnc2C1)c1ccccc1C(C)C. The fourth-order valence-electron chi connectivity index (χ4n) is 3.61. The molecule has 0 aliphatic carbocycles. The number of hydrogen-bond acceptors (Lipinski definition) is 4. The summed E-state index contributed by atoms with van der Waals surface area (Å²) < 4.78 is 1.90. The van der Waals surface area contributed by atoms with Gasteiger partial charge in [0.1, 0.15) is 11.5 Å². The Kier molecular flexibility index (Phi) is 6.32. The zero-order valence-corrected chi connectivity index (χ0v) is 17.3. The number of rotatable bonds is 7.